The first-order chi connectivity index (χ1) is 13.9. The summed E-state index contributed by atoms with van der Waals surface area (Å²) >= 11 is 0. The Labute approximate surface area is 170 Å². The second-order valence-electron chi connectivity index (χ2n) is 7.55. The van der Waals surface area contributed by atoms with Gasteiger partial charge in [-0.15, -0.1) is 0 Å². The summed E-state index contributed by atoms with van der Waals surface area (Å²) in [6.07, 6.45) is 4.46. The van der Waals surface area contributed by atoms with Crippen LogP contribution in [-0.2, 0) is 16.4 Å². The van der Waals surface area contributed by atoms with Crippen molar-refractivity contribution in [2.24, 2.45) is 0 Å². The molecule has 1 aromatic carbocycles. The number of nitrogens with zero attached hydrogens (tertiary/aromatic N) is 1. The van der Waals surface area contributed by atoms with E-state index >= 15 is 0 Å². The molecule has 1 N–H and O–H groups in total. The lowest BCUT2D eigenvalue weighted by atomic mass is 9.94. The van der Waals surface area contributed by atoms with Crippen LogP contribution < -0.4 is 5.32 Å². The molecule has 1 fully saturated rings. The van der Waals surface area contributed by atoms with Crippen LogP contribution in [0.2, 0.25) is 0 Å². The molecule has 2 aliphatic rings. The van der Waals surface area contributed by atoms with Gasteiger partial charge in [-0.2, -0.15) is 4.31 Å². The maximum atomic E-state index is 13.1. The zero-order valence-electron chi connectivity index (χ0n) is 16.4. The molecule has 1 saturated heterocycles. The molecule has 4 rings (SSSR count). The van der Waals surface area contributed by atoms with Crippen molar-refractivity contribution in [2.75, 3.05) is 18.4 Å². The number of hydrogen-bond acceptors (Lipinski definition) is 5. The standard InChI is InChI=1S/C21H24N2O5S/c1-14-19-16(24)9-7-10-17(19)28-20(14)21(25)22-15-8-3-4-11-18(15)29(26,27)23-12-5-2-6-13-23/h3-4,8,11H,2,5-7,9-10,12-13H2,1H3,(H,22,25). The van der Waals surface area contributed by atoms with Crippen molar-refractivity contribution >= 4 is 27.4 Å². The van der Waals surface area contributed by atoms with Crippen molar-refractivity contribution in [3.63, 3.8) is 0 Å². The van der Waals surface area contributed by atoms with Gasteiger partial charge < -0.3 is 9.73 Å². The van der Waals surface area contributed by atoms with Crippen LogP contribution in [-0.4, -0.2) is 37.5 Å². The van der Waals surface area contributed by atoms with Crippen molar-refractivity contribution in [3.8, 4) is 0 Å². The lowest BCUT2D eigenvalue weighted by Crippen LogP contribution is -2.36. The smallest absolute Gasteiger partial charge is 0.291 e. The third-order valence-corrected chi connectivity index (χ3v) is 7.54. The van der Waals surface area contributed by atoms with Gasteiger partial charge in [0.1, 0.15) is 10.7 Å². The number of furan rings is 1. The summed E-state index contributed by atoms with van der Waals surface area (Å²) in [5.41, 5.74) is 1.22. The molecule has 2 heterocycles. The number of anilines is 1. The van der Waals surface area contributed by atoms with Crippen LogP contribution >= 0.6 is 0 Å². The number of benzene rings is 1. The van der Waals surface area contributed by atoms with E-state index in [0.717, 1.165) is 19.3 Å². The van der Waals surface area contributed by atoms with E-state index in [2.05, 4.69) is 5.32 Å². The number of hydrogen-bond donors (Lipinski definition) is 1. The quantitative estimate of drug-likeness (QED) is 0.822. The van der Waals surface area contributed by atoms with E-state index in [9.17, 15) is 18.0 Å². The average Bonchev–Trinajstić information content (AvgIpc) is 3.07. The van der Waals surface area contributed by atoms with Crippen LogP contribution in [0.3, 0.4) is 0 Å². The van der Waals surface area contributed by atoms with E-state index in [1.54, 1.807) is 25.1 Å². The number of carbonyl (C=O) groups is 2. The Morgan fingerprint density at radius 1 is 1.07 bits per heavy atom. The first kappa shape index (κ1) is 19.8. The molecule has 29 heavy (non-hydrogen) atoms. The fourth-order valence-corrected chi connectivity index (χ4v) is 5.75. The number of carbonyl (C=O) groups excluding carboxylic acids is 2. The molecule has 0 radical (unpaired) electrons. The summed E-state index contributed by atoms with van der Waals surface area (Å²) < 4.78 is 33.4. The molecule has 7 nitrogen and oxygen atoms in total. The third kappa shape index (κ3) is 3.62. The second-order valence-corrected chi connectivity index (χ2v) is 9.45. The monoisotopic (exact) mass is 416 g/mol. The van der Waals surface area contributed by atoms with Gasteiger partial charge in [-0.25, -0.2) is 8.42 Å². The number of nitrogens with one attached hydrogen (secondary N) is 1. The summed E-state index contributed by atoms with van der Waals surface area (Å²) in [7, 11) is -3.71. The third-order valence-electron chi connectivity index (χ3n) is 5.58. The molecule has 0 unspecified atom stereocenters. The summed E-state index contributed by atoms with van der Waals surface area (Å²) in [6.45, 7) is 2.66. The molecule has 8 heteroatoms. The van der Waals surface area contributed by atoms with E-state index in [0.29, 0.717) is 49.2 Å². The number of para-hydroxylation sites is 1. The van der Waals surface area contributed by atoms with Crippen LogP contribution in [0.15, 0.2) is 33.6 Å². The van der Waals surface area contributed by atoms with Gasteiger partial charge in [-0.05, 0) is 38.3 Å². The Hall–Kier alpha value is -2.45. The summed E-state index contributed by atoms with van der Waals surface area (Å²) in [5.74, 6) is 0.0409. The van der Waals surface area contributed by atoms with E-state index in [1.165, 1.54) is 10.4 Å². The van der Waals surface area contributed by atoms with Crippen LogP contribution in [0, 0.1) is 6.92 Å². The van der Waals surface area contributed by atoms with Gasteiger partial charge in [0.25, 0.3) is 5.91 Å². The normalized spacial score (nSPS) is 17.8. The maximum absolute atomic E-state index is 13.1. The van der Waals surface area contributed by atoms with Crippen molar-refractivity contribution in [3.05, 3.63) is 46.9 Å². The summed E-state index contributed by atoms with van der Waals surface area (Å²) in [4.78, 5) is 25.1. The van der Waals surface area contributed by atoms with Crippen LogP contribution in [0.5, 0.6) is 0 Å². The molecular weight excluding hydrogens is 392 g/mol. The van der Waals surface area contributed by atoms with Crippen LogP contribution in [0.25, 0.3) is 0 Å². The first-order valence-electron chi connectivity index (χ1n) is 9.95. The lowest BCUT2D eigenvalue weighted by Gasteiger charge is -2.26. The molecule has 0 atom stereocenters. The van der Waals surface area contributed by atoms with E-state index in [4.69, 9.17) is 4.42 Å². The van der Waals surface area contributed by atoms with Gasteiger partial charge >= 0.3 is 0 Å². The number of Topliss-reactive ketones (excluding diaryl/α,β-unsaturated/α-hetero) is 1. The summed E-state index contributed by atoms with van der Waals surface area (Å²) in [5, 5.41) is 2.69. The lowest BCUT2D eigenvalue weighted by molar-refractivity contribution is 0.0963. The Kier molecular flexibility index (Phi) is 5.31. The predicted molar refractivity (Wildman–Crippen MR) is 108 cm³/mol. The van der Waals surface area contributed by atoms with E-state index in [1.807, 2.05) is 0 Å². The topological polar surface area (TPSA) is 96.7 Å². The van der Waals surface area contributed by atoms with Gasteiger partial charge in [-0.3, -0.25) is 9.59 Å². The van der Waals surface area contributed by atoms with Crippen molar-refractivity contribution < 1.29 is 22.4 Å². The number of sulfonamides is 1. The number of ketones is 1. The molecule has 1 aromatic heterocycles. The van der Waals surface area contributed by atoms with Gasteiger partial charge in [0.05, 0.1) is 11.3 Å². The van der Waals surface area contributed by atoms with Crippen LogP contribution in [0.1, 0.15) is 64.3 Å². The predicted octanol–water partition coefficient (Wildman–Crippen LogP) is 3.53. The molecule has 1 amide bonds. The van der Waals surface area contributed by atoms with Gasteiger partial charge in [-0.1, -0.05) is 18.6 Å². The average molecular weight is 416 g/mol. The van der Waals surface area contributed by atoms with Gasteiger partial charge in [0.2, 0.25) is 10.0 Å². The Morgan fingerprint density at radius 2 is 1.79 bits per heavy atom. The molecule has 0 saturated carbocycles. The van der Waals surface area contributed by atoms with E-state index in [-0.39, 0.29) is 22.1 Å². The Morgan fingerprint density at radius 3 is 2.52 bits per heavy atom. The second kappa shape index (κ2) is 7.76. The van der Waals surface area contributed by atoms with E-state index < -0.39 is 15.9 Å². The van der Waals surface area contributed by atoms with Crippen molar-refractivity contribution in [2.45, 2.75) is 50.3 Å². The van der Waals surface area contributed by atoms with Crippen molar-refractivity contribution in [1.82, 2.24) is 4.31 Å². The van der Waals surface area contributed by atoms with Crippen molar-refractivity contribution in [1.29, 1.82) is 0 Å². The number of amides is 1. The maximum Gasteiger partial charge on any atom is 0.291 e. The SMILES string of the molecule is Cc1c(C(=O)Nc2ccccc2S(=O)(=O)N2CCCCC2)oc2c1C(=O)CCC2. The number of aryl methyl sites for hydroxylation is 1. The molecule has 1 aliphatic carbocycles. The summed E-state index contributed by atoms with van der Waals surface area (Å²) in [6, 6.07) is 6.39. The number of piperidine rings is 1. The molecule has 0 bridgehead atoms. The molecule has 0 spiro atoms. The fraction of sp³-hybridized carbons (Fsp3) is 0.429. The highest BCUT2D eigenvalue weighted by molar-refractivity contribution is 7.89. The minimum Gasteiger partial charge on any atom is -0.455 e. The first-order valence-corrected chi connectivity index (χ1v) is 11.4. The molecule has 1 aliphatic heterocycles. The highest BCUT2D eigenvalue weighted by atomic mass is 32.2. The number of fused-ring (bicyclic) bond motifs is 1. The Balaban J connectivity index is 1.64. The van der Waals surface area contributed by atoms with Crippen LogP contribution in [0.4, 0.5) is 5.69 Å². The largest absolute Gasteiger partial charge is 0.455 e. The minimum absolute atomic E-state index is 0.0142. The molecular formula is C21H24N2O5S. The number of rotatable bonds is 4. The molecule has 2 aromatic rings. The highest BCUT2D eigenvalue weighted by Crippen LogP contribution is 2.31. The van der Waals surface area contributed by atoms with Gasteiger partial charge in [0, 0.05) is 31.5 Å². The molecule has 154 valence electrons. The van der Waals surface area contributed by atoms with Gasteiger partial charge in [0.15, 0.2) is 11.5 Å². The zero-order valence-corrected chi connectivity index (χ0v) is 17.2. The fourth-order valence-electron chi connectivity index (χ4n) is 4.08. The Bertz CT molecular complexity index is 1060. The highest BCUT2D eigenvalue weighted by Gasteiger charge is 2.31. The minimum atomic E-state index is -3.71. The zero-order chi connectivity index (χ0) is 20.6.